The molecule has 1 aliphatic rings. The van der Waals surface area contributed by atoms with Crippen LogP contribution in [0, 0.1) is 5.41 Å². The molecule has 6 nitrogen and oxygen atoms in total. The maximum Gasteiger partial charge on any atom is 0.508 e. The molecule has 1 aliphatic heterocycles. The summed E-state index contributed by atoms with van der Waals surface area (Å²) in [6, 6.07) is 0. The molecule has 17 heavy (non-hydrogen) atoms. The molecule has 0 bridgehead atoms. The maximum atomic E-state index is 11.2. The third kappa shape index (κ3) is 4.05. The number of esters is 1. The Morgan fingerprint density at radius 3 is 2.41 bits per heavy atom. The molecular weight excluding hydrogens is 228 g/mol. The SMILES string of the molecule is CCC1(COC(=O)CC(C)=O)COC(=O)OC1. The van der Waals surface area contributed by atoms with Crippen molar-refractivity contribution < 1.29 is 28.6 Å². The lowest BCUT2D eigenvalue weighted by atomic mass is 9.87. The highest BCUT2D eigenvalue weighted by atomic mass is 16.7. The summed E-state index contributed by atoms with van der Waals surface area (Å²) < 4.78 is 14.5. The van der Waals surface area contributed by atoms with E-state index in [0.29, 0.717) is 6.42 Å². The number of Topliss-reactive ketones (excluding diaryl/α,β-unsaturated/α-hetero) is 1. The van der Waals surface area contributed by atoms with Gasteiger partial charge in [-0.25, -0.2) is 4.79 Å². The number of carbonyl (C=O) groups is 3. The number of carbonyl (C=O) groups excluding carboxylic acids is 3. The predicted molar refractivity (Wildman–Crippen MR) is 56.3 cm³/mol. The number of hydrogen-bond donors (Lipinski definition) is 0. The van der Waals surface area contributed by atoms with E-state index < -0.39 is 17.5 Å². The van der Waals surface area contributed by atoms with E-state index in [1.54, 1.807) is 0 Å². The largest absolute Gasteiger partial charge is 0.508 e. The van der Waals surface area contributed by atoms with Gasteiger partial charge in [-0.1, -0.05) is 6.92 Å². The Morgan fingerprint density at radius 1 is 1.35 bits per heavy atom. The molecule has 0 radical (unpaired) electrons. The molecule has 1 heterocycles. The Bertz CT molecular complexity index is 312. The van der Waals surface area contributed by atoms with Crippen molar-refractivity contribution in [2.75, 3.05) is 19.8 Å². The molecule has 0 saturated carbocycles. The van der Waals surface area contributed by atoms with Crippen molar-refractivity contribution in [2.45, 2.75) is 26.7 Å². The normalized spacial score (nSPS) is 17.9. The summed E-state index contributed by atoms with van der Waals surface area (Å²) in [7, 11) is 0. The summed E-state index contributed by atoms with van der Waals surface area (Å²) >= 11 is 0. The number of ether oxygens (including phenoxy) is 3. The van der Waals surface area contributed by atoms with E-state index >= 15 is 0 Å². The minimum absolute atomic E-state index is 0.0862. The molecule has 1 fully saturated rings. The van der Waals surface area contributed by atoms with Crippen molar-refractivity contribution in [2.24, 2.45) is 5.41 Å². The summed E-state index contributed by atoms with van der Waals surface area (Å²) in [5.41, 5.74) is -0.500. The van der Waals surface area contributed by atoms with E-state index in [1.165, 1.54) is 6.92 Å². The summed E-state index contributed by atoms with van der Waals surface area (Å²) in [5, 5.41) is 0. The summed E-state index contributed by atoms with van der Waals surface area (Å²) in [6.45, 7) is 3.62. The van der Waals surface area contributed by atoms with Crippen molar-refractivity contribution >= 4 is 17.9 Å². The summed E-state index contributed by atoms with van der Waals surface area (Å²) in [5.74, 6) is -0.811. The summed E-state index contributed by atoms with van der Waals surface area (Å²) in [6.07, 6.45) is -0.294. The molecule has 1 saturated heterocycles. The fraction of sp³-hybridized carbons (Fsp3) is 0.727. The average Bonchev–Trinajstić information content (AvgIpc) is 2.28. The third-order valence-corrected chi connectivity index (χ3v) is 2.68. The number of rotatable bonds is 5. The molecule has 0 N–H and O–H groups in total. The van der Waals surface area contributed by atoms with Crippen LogP contribution in [-0.2, 0) is 23.8 Å². The molecular formula is C11H16O6. The Labute approximate surface area is 99.2 Å². The Morgan fingerprint density at radius 2 is 1.94 bits per heavy atom. The zero-order chi connectivity index (χ0) is 12.9. The fourth-order valence-electron chi connectivity index (χ4n) is 1.38. The van der Waals surface area contributed by atoms with Gasteiger partial charge in [0.25, 0.3) is 0 Å². The first kappa shape index (κ1) is 13.5. The number of ketones is 1. The molecule has 0 aromatic heterocycles. The Balaban J connectivity index is 2.44. The third-order valence-electron chi connectivity index (χ3n) is 2.68. The van der Waals surface area contributed by atoms with Crippen molar-refractivity contribution in [1.29, 1.82) is 0 Å². The van der Waals surface area contributed by atoms with Crippen LogP contribution in [0.15, 0.2) is 0 Å². The molecule has 96 valence electrons. The molecule has 0 aromatic rings. The number of cyclic esters (lactones) is 2. The van der Waals surface area contributed by atoms with Crippen molar-refractivity contribution in [3.63, 3.8) is 0 Å². The first-order valence-electron chi connectivity index (χ1n) is 5.42. The van der Waals surface area contributed by atoms with Gasteiger partial charge in [0.1, 0.15) is 32.0 Å². The first-order valence-corrected chi connectivity index (χ1v) is 5.42. The fourth-order valence-corrected chi connectivity index (χ4v) is 1.38. The van der Waals surface area contributed by atoms with Crippen LogP contribution in [0.2, 0.25) is 0 Å². The van der Waals surface area contributed by atoms with Crippen LogP contribution < -0.4 is 0 Å². The molecule has 0 aliphatic carbocycles. The van der Waals surface area contributed by atoms with Crippen LogP contribution in [0.3, 0.4) is 0 Å². The minimum atomic E-state index is -0.705. The second-order valence-corrected chi connectivity index (χ2v) is 4.22. The maximum absolute atomic E-state index is 11.2. The van der Waals surface area contributed by atoms with Gasteiger partial charge in [0.15, 0.2) is 0 Å². The van der Waals surface area contributed by atoms with E-state index in [2.05, 4.69) is 0 Å². The number of hydrogen-bond acceptors (Lipinski definition) is 6. The van der Waals surface area contributed by atoms with Gasteiger partial charge in [-0.3, -0.25) is 9.59 Å². The molecule has 0 aromatic carbocycles. The predicted octanol–water partition coefficient (Wildman–Crippen LogP) is 1.07. The Hall–Kier alpha value is -1.59. The lowest BCUT2D eigenvalue weighted by Gasteiger charge is -2.33. The Kier molecular flexibility index (Phi) is 4.48. The quantitative estimate of drug-likeness (QED) is 0.531. The lowest BCUT2D eigenvalue weighted by molar-refractivity contribution is -0.154. The van der Waals surface area contributed by atoms with Crippen molar-refractivity contribution in [3.05, 3.63) is 0 Å². The van der Waals surface area contributed by atoms with Crippen LogP contribution in [0.4, 0.5) is 4.79 Å². The van der Waals surface area contributed by atoms with Gasteiger partial charge in [0.05, 0.1) is 5.41 Å². The molecule has 1 rings (SSSR count). The monoisotopic (exact) mass is 244 g/mol. The molecule has 0 unspecified atom stereocenters. The second-order valence-electron chi connectivity index (χ2n) is 4.22. The highest BCUT2D eigenvalue weighted by Gasteiger charge is 2.37. The zero-order valence-corrected chi connectivity index (χ0v) is 9.99. The standard InChI is InChI=1S/C11H16O6/c1-3-11(6-16-10(14)17-7-11)5-15-9(13)4-8(2)12/h3-7H2,1-2H3. The van der Waals surface area contributed by atoms with Gasteiger partial charge in [-0.2, -0.15) is 0 Å². The van der Waals surface area contributed by atoms with Gasteiger partial charge in [-0.05, 0) is 13.3 Å². The van der Waals surface area contributed by atoms with E-state index in [-0.39, 0.29) is 32.0 Å². The summed E-state index contributed by atoms with van der Waals surface area (Å²) in [4.78, 5) is 32.7. The molecule has 0 amide bonds. The van der Waals surface area contributed by atoms with Gasteiger partial charge in [-0.15, -0.1) is 0 Å². The van der Waals surface area contributed by atoms with Crippen LogP contribution in [0.25, 0.3) is 0 Å². The van der Waals surface area contributed by atoms with Crippen LogP contribution in [-0.4, -0.2) is 37.7 Å². The molecule has 0 spiro atoms. The van der Waals surface area contributed by atoms with Gasteiger partial charge >= 0.3 is 12.1 Å². The first-order chi connectivity index (χ1) is 7.97. The van der Waals surface area contributed by atoms with Gasteiger partial charge in [0, 0.05) is 0 Å². The molecule has 6 heteroatoms. The smallest absolute Gasteiger partial charge is 0.464 e. The van der Waals surface area contributed by atoms with Crippen molar-refractivity contribution in [3.8, 4) is 0 Å². The highest BCUT2D eigenvalue weighted by molar-refractivity contribution is 5.94. The second kappa shape index (κ2) is 5.65. The van der Waals surface area contributed by atoms with E-state index in [0.717, 1.165) is 0 Å². The van der Waals surface area contributed by atoms with E-state index in [1.807, 2.05) is 6.92 Å². The van der Waals surface area contributed by atoms with Crippen LogP contribution in [0.5, 0.6) is 0 Å². The highest BCUT2D eigenvalue weighted by Crippen LogP contribution is 2.27. The molecule has 0 atom stereocenters. The topological polar surface area (TPSA) is 78.9 Å². The van der Waals surface area contributed by atoms with Gasteiger partial charge in [0.2, 0.25) is 0 Å². The average molecular weight is 244 g/mol. The minimum Gasteiger partial charge on any atom is -0.464 e. The van der Waals surface area contributed by atoms with Crippen LogP contribution >= 0.6 is 0 Å². The van der Waals surface area contributed by atoms with Crippen LogP contribution in [0.1, 0.15) is 26.7 Å². The lowest BCUT2D eigenvalue weighted by Crippen LogP contribution is -2.43. The van der Waals surface area contributed by atoms with Crippen molar-refractivity contribution in [1.82, 2.24) is 0 Å². The van der Waals surface area contributed by atoms with Gasteiger partial charge < -0.3 is 14.2 Å². The van der Waals surface area contributed by atoms with E-state index in [4.69, 9.17) is 14.2 Å². The van der Waals surface area contributed by atoms with E-state index in [9.17, 15) is 14.4 Å². The zero-order valence-electron chi connectivity index (χ0n) is 9.99.